The Morgan fingerprint density at radius 1 is 1.21 bits per heavy atom. The van der Waals surface area contributed by atoms with Gasteiger partial charge >= 0.3 is 0 Å². The second-order valence-electron chi connectivity index (χ2n) is 9.70. The van der Waals surface area contributed by atoms with E-state index in [-0.39, 0.29) is 18.1 Å². The van der Waals surface area contributed by atoms with Gasteiger partial charge in [-0.2, -0.15) is 0 Å². The largest absolute Gasteiger partial charge is 0.600 e. The summed E-state index contributed by atoms with van der Waals surface area (Å²) in [6.45, 7) is 5.55. The number of anilines is 4. The maximum atomic E-state index is 13.2. The maximum Gasteiger partial charge on any atom is 0.206 e. The van der Waals surface area contributed by atoms with Crippen LogP contribution in [0.25, 0.3) is 0 Å². The highest BCUT2D eigenvalue weighted by Crippen LogP contribution is 2.32. The van der Waals surface area contributed by atoms with Gasteiger partial charge in [-0.25, -0.2) is 15.4 Å². The molecule has 3 heterocycles. The predicted octanol–water partition coefficient (Wildman–Crippen LogP) is 2.28. The van der Waals surface area contributed by atoms with Gasteiger partial charge in [0.25, 0.3) is 0 Å². The molecule has 0 spiro atoms. The summed E-state index contributed by atoms with van der Waals surface area (Å²) in [6, 6.07) is 13.6. The van der Waals surface area contributed by atoms with Crippen molar-refractivity contribution in [2.75, 3.05) is 62.5 Å². The number of carbonyl (C=O) groups is 1. The molecule has 5 rings (SSSR count). The van der Waals surface area contributed by atoms with Gasteiger partial charge in [-0.15, -0.1) is 0 Å². The molecule has 208 valence electrons. The number of nitrogens with one attached hydrogen (secondary N) is 2. The highest BCUT2D eigenvalue weighted by atomic mass is 32.1. The Balaban J connectivity index is 1.21. The zero-order chi connectivity index (χ0) is 27.4. The van der Waals surface area contributed by atoms with Crippen molar-refractivity contribution >= 4 is 39.4 Å². The number of nitrogens with two attached hydrogens (primary N) is 1. The van der Waals surface area contributed by atoms with Crippen LogP contribution in [-0.4, -0.2) is 73.4 Å². The molecule has 12 heteroatoms. The molecule has 0 radical (unpaired) electrons. The van der Waals surface area contributed by atoms with Gasteiger partial charge in [-0.3, -0.25) is 9.69 Å². The van der Waals surface area contributed by atoms with Crippen molar-refractivity contribution in [3.63, 3.8) is 0 Å². The lowest BCUT2D eigenvalue weighted by atomic mass is 10.0. The molecule has 2 aromatic carbocycles. The lowest BCUT2D eigenvalue weighted by molar-refractivity contribution is -1.06. The number of nitrogens with zero attached hydrogens (tertiary/aromatic N) is 3. The Bertz CT molecular complexity index is 1270. The van der Waals surface area contributed by atoms with Crippen LogP contribution in [0, 0.1) is 5.21 Å². The van der Waals surface area contributed by atoms with E-state index in [1.54, 1.807) is 12.1 Å². The molecule has 1 aromatic heterocycles. The van der Waals surface area contributed by atoms with E-state index in [0.29, 0.717) is 32.9 Å². The van der Waals surface area contributed by atoms with E-state index in [9.17, 15) is 15.2 Å². The van der Waals surface area contributed by atoms with Gasteiger partial charge in [0.1, 0.15) is 23.0 Å². The van der Waals surface area contributed by atoms with Crippen molar-refractivity contribution in [2.45, 2.75) is 25.4 Å². The van der Waals surface area contributed by atoms with Crippen LogP contribution >= 0.6 is 11.3 Å². The summed E-state index contributed by atoms with van der Waals surface area (Å²) in [6.07, 6.45) is 2.31. The number of carbonyl (C=O) groups excluding carboxylic acids is 1. The van der Waals surface area contributed by atoms with Gasteiger partial charge in [0.05, 0.1) is 25.9 Å². The van der Waals surface area contributed by atoms with Crippen molar-refractivity contribution in [3.05, 3.63) is 63.7 Å². The predicted molar refractivity (Wildman–Crippen MR) is 150 cm³/mol. The summed E-state index contributed by atoms with van der Waals surface area (Å²) >= 11 is 1.16. The fraction of sp³-hybridized carbons (Fsp3) is 0.407. The monoisotopic (exact) mass is 554 g/mol. The number of quaternary nitrogens is 1. The third kappa shape index (κ3) is 6.49. The van der Waals surface area contributed by atoms with Crippen LogP contribution in [-0.2, 0) is 11.3 Å². The molecule has 0 saturated carbocycles. The van der Waals surface area contributed by atoms with E-state index in [2.05, 4.69) is 32.2 Å². The van der Waals surface area contributed by atoms with Gasteiger partial charge in [0.2, 0.25) is 5.78 Å². The molecule has 2 aliphatic heterocycles. The van der Waals surface area contributed by atoms with Crippen molar-refractivity contribution < 1.29 is 24.7 Å². The number of hydroxylamine groups is 2. The number of piperidine rings is 1. The molecule has 11 nitrogen and oxygen atoms in total. The Kier molecular flexibility index (Phi) is 8.60. The Hall–Kier alpha value is -3.26. The highest BCUT2D eigenvalue weighted by molar-refractivity contribution is 7.18. The van der Waals surface area contributed by atoms with Crippen LogP contribution in [0.1, 0.15) is 33.6 Å². The zero-order valence-electron chi connectivity index (χ0n) is 21.9. The van der Waals surface area contributed by atoms with Gasteiger partial charge in [-0.1, -0.05) is 11.3 Å². The van der Waals surface area contributed by atoms with Crippen LogP contribution in [0.4, 0.5) is 22.3 Å². The summed E-state index contributed by atoms with van der Waals surface area (Å²) in [7, 11) is 1.46. The number of aromatic nitrogens is 1. The topological polar surface area (TPSA) is 141 Å². The fourth-order valence-electron chi connectivity index (χ4n) is 5.21. The Morgan fingerprint density at radius 3 is 2.59 bits per heavy atom. The Labute approximate surface area is 231 Å². The summed E-state index contributed by atoms with van der Waals surface area (Å²) in [5, 5.41) is 23.2. The summed E-state index contributed by atoms with van der Waals surface area (Å²) in [4.78, 5) is 22.8. The van der Waals surface area contributed by atoms with Gasteiger partial charge < -0.3 is 30.6 Å². The zero-order valence-corrected chi connectivity index (χ0v) is 22.7. The molecule has 5 N–H and O–H groups in total. The summed E-state index contributed by atoms with van der Waals surface area (Å²) < 4.78 is 10.7. The number of hydrogen-bond acceptors (Lipinski definition) is 11. The number of rotatable bonds is 9. The van der Waals surface area contributed by atoms with E-state index in [0.717, 1.165) is 69.3 Å². The lowest BCUT2D eigenvalue weighted by Gasteiger charge is -2.40. The van der Waals surface area contributed by atoms with E-state index >= 15 is 0 Å². The first-order valence-corrected chi connectivity index (χ1v) is 13.9. The number of nitrogen functional groups attached to an aromatic ring is 1. The molecule has 2 saturated heterocycles. The first-order valence-electron chi connectivity index (χ1n) is 13.0. The van der Waals surface area contributed by atoms with E-state index in [1.165, 1.54) is 18.9 Å². The quantitative estimate of drug-likeness (QED) is 0.230. The number of morpholine rings is 1. The van der Waals surface area contributed by atoms with Crippen LogP contribution in [0.3, 0.4) is 0 Å². The number of thiazole rings is 1. The van der Waals surface area contributed by atoms with Gasteiger partial charge in [0.15, 0.2) is 5.13 Å². The lowest BCUT2D eigenvalue weighted by Crippen LogP contribution is -3.03. The van der Waals surface area contributed by atoms with Crippen molar-refractivity contribution in [3.8, 4) is 5.75 Å². The molecule has 2 aliphatic rings. The summed E-state index contributed by atoms with van der Waals surface area (Å²) in [5.41, 5.74) is 8.88. The minimum Gasteiger partial charge on any atom is -0.600 e. The SMILES string of the molecule is COc1ccc(C(=O)c2sc(Nc3ccc(N4CCC(N5CCOCC5)CC4)cc3)nc2N)cc1C[NH+]([O-])O. The molecule has 0 amide bonds. The number of hydrogen-bond donors (Lipinski definition) is 4. The summed E-state index contributed by atoms with van der Waals surface area (Å²) in [5.74, 6) is 0.226. The first kappa shape index (κ1) is 27.3. The van der Waals surface area contributed by atoms with E-state index in [4.69, 9.17) is 15.2 Å². The molecular weight excluding hydrogens is 520 g/mol. The molecule has 2 fully saturated rings. The number of benzene rings is 2. The molecular formula is C27H34N6O5S. The van der Waals surface area contributed by atoms with Crippen LogP contribution < -0.4 is 25.9 Å². The van der Waals surface area contributed by atoms with E-state index < -0.39 is 5.23 Å². The second kappa shape index (κ2) is 12.3. The minimum atomic E-state index is -1.01. The van der Waals surface area contributed by atoms with Gasteiger partial charge in [0, 0.05) is 49.2 Å². The normalized spacial score (nSPS) is 17.7. The average molecular weight is 555 g/mol. The molecule has 1 unspecified atom stereocenters. The molecule has 0 aliphatic carbocycles. The van der Waals surface area contributed by atoms with E-state index in [1.807, 2.05) is 12.1 Å². The number of methoxy groups -OCH3 is 1. The fourth-order valence-corrected chi connectivity index (χ4v) is 6.08. The smallest absolute Gasteiger partial charge is 0.206 e. The third-order valence-electron chi connectivity index (χ3n) is 7.25. The minimum absolute atomic E-state index is 0.128. The molecule has 1 atom stereocenters. The standard InChI is InChI=1S/C27H34N6O5S/c1-37-23-7-2-18(16-19(23)17-33(35)36)24(34)25-26(28)30-27(39-25)29-20-3-5-21(6-4-20)31-10-8-22(9-11-31)32-12-14-38-15-13-32/h2-7,16,22,33,35H,8-15,17,28H2,1H3,(H,29,30). The molecule has 0 bridgehead atoms. The second-order valence-corrected chi connectivity index (χ2v) is 10.7. The van der Waals surface area contributed by atoms with Crippen LogP contribution in [0.2, 0.25) is 0 Å². The third-order valence-corrected chi connectivity index (χ3v) is 8.24. The average Bonchev–Trinajstić information content (AvgIpc) is 3.32. The number of ether oxygens (including phenoxy) is 2. The number of ketones is 1. The maximum absolute atomic E-state index is 13.2. The molecule has 3 aromatic rings. The van der Waals surface area contributed by atoms with Gasteiger partial charge in [-0.05, 0) is 55.3 Å². The molecule has 39 heavy (non-hydrogen) atoms. The Morgan fingerprint density at radius 2 is 1.92 bits per heavy atom. The van der Waals surface area contributed by atoms with Crippen molar-refractivity contribution in [2.24, 2.45) is 0 Å². The van der Waals surface area contributed by atoms with Crippen molar-refractivity contribution in [1.29, 1.82) is 0 Å². The first-order chi connectivity index (χ1) is 18.9. The van der Waals surface area contributed by atoms with Crippen LogP contribution in [0.15, 0.2) is 42.5 Å². The van der Waals surface area contributed by atoms with Crippen LogP contribution in [0.5, 0.6) is 5.75 Å². The highest BCUT2D eigenvalue weighted by Gasteiger charge is 2.26. The van der Waals surface area contributed by atoms with Crippen molar-refractivity contribution in [1.82, 2.24) is 9.88 Å².